The largest absolute Gasteiger partial charge is 0.314 e. The van der Waals surface area contributed by atoms with Crippen molar-refractivity contribution < 1.29 is 0 Å². The second-order valence-corrected chi connectivity index (χ2v) is 5.27. The molecule has 13 heavy (non-hydrogen) atoms. The summed E-state index contributed by atoms with van der Waals surface area (Å²) in [4.78, 5) is 0. The van der Waals surface area contributed by atoms with Crippen LogP contribution in [0.5, 0.6) is 0 Å². The highest BCUT2D eigenvalue weighted by molar-refractivity contribution is 4.82. The van der Waals surface area contributed by atoms with E-state index in [9.17, 15) is 0 Å². The number of rotatable bonds is 6. The Morgan fingerprint density at radius 1 is 1.08 bits per heavy atom. The summed E-state index contributed by atoms with van der Waals surface area (Å²) in [5.74, 6) is 2.55. The maximum absolute atomic E-state index is 3.61. The van der Waals surface area contributed by atoms with E-state index < -0.39 is 0 Å². The van der Waals surface area contributed by atoms with Gasteiger partial charge in [-0.1, -0.05) is 27.7 Å². The molecule has 0 radical (unpaired) electrons. The number of hydrogen-bond acceptors (Lipinski definition) is 1. The van der Waals surface area contributed by atoms with Crippen LogP contribution in [0.1, 0.15) is 47.0 Å². The smallest absolute Gasteiger partial charge is 0.00683 e. The van der Waals surface area contributed by atoms with Crippen molar-refractivity contribution in [3.8, 4) is 0 Å². The van der Waals surface area contributed by atoms with Gasteiger partial charge in [0.15, 0.2) is 0 Å². The molecule has 0 amide bonds. The van der Waals surface area contributed by atoms with Crippen molar-refractivity contribution in [2.75, 3.05) is 6.54 Å². The van der Waals surface area contributed by atoms with Gasteiger partial charge in [0, 0.05) is 6.04 Å². The molecule has 1 aliphatic carbocycles. The van der Waals surface area contributed by atoms with Crippen LogP contribution in [0.2, 0.25) is 0 Å². The van der Waals surface area contributed by atoms with Crippen LogP contribution in [0, 0.1) is 17.8 Å². The molecule has 0 aromatic rings. The van der Waals surface area contributed by atoms with Crippen LogP contribution in [0.25, 0.3) is 0 Å². The molecule has 1 rings (SSSR count). The Bertz CT molecular complexity index is 138. The Morgan fingerprint density at radius 2 is 1.69 bits per heavy atom. The van der Waals surface area contributed by atoms with Crippen molar-refractivity contribution in [3.63, 3.8) is 0 Å². The van der Waals surface area contributed by atoms with Gasteiger partial charge in [-0.25, -0.2) is 0 Å². The van der Waals surface area contributed by atoms with E-state index in [2.05, 4.69) is 33.0 Å². The molecule has 1 saturated carbocycles. The molecule has 0 saturated heterocycles. The van der Waals surface area contributed by atoms with E-state index in [1.165, 1.54) is 25.8 Å². The van der Waals surface area contributed by atoms with Crippen LogP contribution in [0.3, 0.4) is 0 Å². The molecule has 0 heterocycles. The monoisotopic (exact) mass is 183 g/mol. The maximum atomic E-state index is 3.61. The third-order valence-corrected chi connectivity index (χ3v) is 3.12. The van der Waals surface area contributed by atoms with Gasteiger partial charge in [-0.15, -0.1) is 0 Å². The fourth-order valence-electron chi connectivity index (χ4n) is 1.82. The molecule has 1 heteroatoms. The zero-order valence-corrected chi connectivity index (χ0v) is 9.64. The Balaban J connectivity index is 2.08. The van der Waals surface area contributed by atoms with Crippen molar-refractivity contribution in [2.24, 2.45) is 17.8 Å². The quantitative estimate of drug-likeness (QED) is 0.667. The van der Waals surface area contributed by atoms with Crippen LogP contribution in [0.4, 0.5) is 0 Å². The molecule has 0 spiro atoms. The molecule has 0 bridgehead atoms. The Hall–Kier alpha value is -0.0400. The lowest BCUT2D eigenvalue weighted by atomic mass is 9.88. The summed E-state index contributed by atoms with van der Waals surface area (Å²) in [6.45, 7) is 10.6. The fraction of sp³-hybridized carbons (Fsp3) is 1.00. The van der Waals surface area contributed by atoms with Gasteiger partial charge in [0.25, 0.3) is 0 Å². The van der Waals surface area contributed by atoms with E-state index in [4.69, 9.17) is 0 Å². The van der Waals surface area contributed by atoms with Crippen LogP contribution < -0.4 is 5.32 Å². The van der Waals surface area contributed by atoms with Crippen molar-refractivity contribution in [1.29, 1.82) is 0 Å². The third-order valence-electron chi connectivity index (χ3n) is 3.12. The molecule has 2 unspecified atom stereocenters. The van der Waals surface area contributed by atoms with Gasteiger partial charge in [0.05, 0.1) is 0 Å². The van der Waals surface area contributed by atoms with Gasteiger partial charge in [-0.05, 0) is 43.6 Å². The summed E-state index contributed by atoms with van der Waals surface area (Å²) in [7, 11) is 0. The minimum atomic E-state index is 0.836. The van der Waals surface area contributed by atoms with Crippen LogP contribution in [-0.4, -0.2) is 12.6 Å². The van der Waals surface area contributed by atoms with Gasteiger partial charge in [0.1, 0.15) is 0 Å². The summed E-state index contributed by atoms with van der Waals surface area (Å²) in [5, 5.41) is 3.61. The van der Waals surface area contributed by atoms with Crippen molar-refractivity contribution in [1.82, 2.24) is 5.32 Å². The SMILES string of the molecule is CC(C)CC(C)C(C)CNC1CC1. The first kappa shape index (κ1) is 11.0. The molecular formula is C12H25N. The lowest BCUT2D eigenvalue weighted by Crippen LogP contribution is -2.27. The molecule has 78 valence electrons. The van der Waals surface area contributed by atoms with E-state index in [1.807, 2.05) is 0 Å². The van der Waals surface area contributed by atoms with E-state index in [0.29, 0.717) is 0 Å². The number of hydrogen-bond donors (Lipinski definition) is 1. The van der Waals surface area contributed by atoms with Gasteiger partial charge in [-0.2, -0.15) is 0 Å². The third kappa shape index (κ3) is 4.66. The van der Waals surface area contributed by atoms with Gasteiger partial charge >= 0.3 is 0 Å². The molecule has 1 fully saturated rings. The zero-order chi connectivity index (χ0) is 9.84. The average molecular weight is 183 g/mol. The molecule has 1 N–H and O–H groups in total. The van der Waals surface area contributed by atoms with E-state index in [1.54, 1.807) is 0 Å². The number of nitrogens with one attached hydrogen (secondary N) is 1. The normalized spacial score (nSPS) is 21.9. The Kier molecular flexibility index (Phi) is 4.24. The predicted octanol–water partition coefficient (Wildman–Crippen LogP) is 3.06. The van der Waals surface area contributed by atoms with Gasteiger partial charge in [0.2, 0.25) is 0 Å². The topological polar surface area (TPSA) is 12.0 Å². The predicted molar refractivity (Wildman–Crippen MR) is 58.8 cm³/mol. The minimum absolute atomic E-state index is 0.836. The average Bonchev–Trinajstić information content (AvgIpc) is 2.81. The zero-order valence-electron chi connectivity index (χ0n) is 9.64. The molecular weight excluding hydrogens is 158 g/mol. The summed E-state index contributed by atoms with van der Waals surface area (Å²) in [5.41, 5.74) is 0. The standard InChI is InChI=1S/C12H25N/c1-9(2)7-10(3)11(4)8-13-12-5-6-12/h9-13H,5-8H2,1-4H3. The van der Waals surface area contributed by atoms with Crippen molar-refractivity contribution in [2.45, 2.75) is 53.0 Å². The molecule has 0 aliphatic heterocycles. The molecule has 0 aromatic heterocycles. The van der Waals surface area contributed by atoms with Crippen LogP contribution >= 0.6 is 0 Å². The van der Waals surface area contributed by atoms with Crippen LogP contribution in [0.15, 0.2) is 0 Å². The lowest BCUT2D eigenvalue weighted by molar-refractivity contribution is 0.312. The summed E-state index contributed by atoms with van der Waals surface area (Å²) in [6.07, 6.45) is 4.18. The first-order valence-electron chi connectivity index (χ1n) is 5.83. The second kappa shape index (κ2) is 4.99. The maximum Gasteiger partial charge on any atom is 0.00683 e. The van der Waals surface area contributed by atoms with E-state index in [-0.39, 0.29) is 0 Å². The lowest BCUT2D eigenvalue weighted by Gasteiger charge is -2.21. The minimum Gasteiger partial charge on any atom is -0.314 e. The summed E-state index contributed by atoms with van der Waals surface area (Å²) < 4.78 is 0. The molecule has 1 nitrogen and oxygen atoms in total. The first-order chi connectivity index (χ1) is 6.09. The molecule has 0 aromatic carbocycles. The molecule has 2 atom stereocenters. The highest BCUT2D eigenvalue weighted by Crippen LogP contribution is 2.22. The van der Waals surface area contributed by atoms with E-state index >= 15 is 0 Å². The second-order valence-electron chi connectivity index (χ2n) is 5.27. The highest BCUT2D eigenvalue weighted by atomic mass is 14.9. The summed E-state index contributed by atoms with van der Waals surface area (Å²) in [6, 6.07) is 0.869. The first-order valence-corrected chi connectivity index (χ1v) is 5.83. The highest BCUT2D eigenvalue weighted by Gasteiger charge is 2.22. The van der Waals surface area contributed by atoms with E-state index in [0.717, 1.165) is 23.8 Å². The Labute approximate surface area is 83.3 Å². The van der Waals surface area contributed by atoms with Crippen molar-refractivity contribution in [3.05, 3.63) is 0 Å². The summed E-state index contributed by atoms with van der Waals surface area (Å²) >= 11 is 0. The van der Waals surface area contributed by atoms with Gasteiger partial charge < -0.3 is 5.32 Å². The van der Waals surface area contributed by atoms with Crippen molar-refractivity contribution >= 4 is 0 Å². The molecule has 1 aliphatic rings. The fourth-order valence-corrected chi connectivity index (χ4v) is 1.82. The van der Waals surface area contributed by atoms with Crippen LogP contribution in [-0.2, 0) is 0 Å². The van der Waals surface area contributed by atoms with Gasteiger partial charge in [-0.3, -0.25) is 0 Å². The Morgan fingerprint density at radius 3 is 2.15 bits per heavy atom.